The van der Waals surface area contributed by atoms with E-state index in [1.165, 1.54) is 0 Å². The van der Waals surface area contributed by atoms with Gasteiger partial charge in [-0.3, -0.25) is 29.1 Å². The van der Waals surface area contributed by atoms with E-state index >= 15 is 0 Å². The molecule has 0 bridgehead atoms. The lowest BCUT2D eigenvalue weighted by molar-refractivity contribution is -0.140. The second-order valence-electron chi connectivity index (χ2n) is 7.49. The normalized spacial score (nSPS) is 20.5. The van der Waals surface area contributed by atoms with Crippen molar-refractivity contribution >= 4 is 17.9 Å². The van der Waals surface area contributed by atoms with Gasteiger partial charge in [-0.05, 0) is 13.3 Å². The largest absolute Gasteiger partial charge is 0.480 e. The molecule has 1 aliphatic heterocycles. The van der Waals surface area contributed by atoms with Crippen molar-refractivity contribution in [1.29, 1.82) is 0 Å². The number of aliphatic carboxylic acids is 3. The van der Waals surface area contributed by atoms with Crippen molar-refractivity contribution in [2.24, 2.45) is 0 Å². The summed E-state index contributed by atoms with van der Waals surface area (Å²) >= 11 is 0. The van der Waals surface area contributed by atoms with E-state index in [4.69, 9.17) is 15.3 Å². The first-order valence-electron chi connectivity index (χ1n) is 9.88. The third kappa shape index (κ3) is 12.4. The van der Waals surface area contributed by atoms with Gasteiger partial charge in [-0.15, -0.1) is 0 Å². The Bertz CT molecular complexity index is 500. The number of hydrogen-bond acceptors (Lipinski definition) is 8. The topological polar surface area (TPSA) is 145 Å². The minimum atomic E-state index is -0.976. The molecule has 1 aliphatic rings. The van der Waals surface area contributed by atoms with Crippen molar-refractivity contribution in [2.45, 2.75) is 19.4 Å². The minimum Gasteiger partial charge on any atom is -0.480 e. The van der Waals surface area contributed by atoms with Gasteiger partial charge in [-0.25, -0.2) is 0 Å². The zero-order chi connectivity index (χ0) is 21.8. The van der Waals surface area contributed by atoms with Crippen LogP contribution in [0, 0.1) is 0 Å². The first-order valence-corrected chi connectivity index (χ1v) is 9.88. The van der Waals surface area contributed by atoms with Gasteiger partial charge in [0.05, 0.1) is 25.7 Å². The van der Waals surface area contributed by atoms with Crippen LogP contribution in [0.1, 0.15) is 13.3 Å². The van der Waals surface area contributed by atoms with Crippen LogP contribution in [0.25, 0.3) is 0 Å². The Hall–Kier alpha value is -1.79. The molecule has 4 N–H and O–H groups in total. The Morgan fingerprint density at radius 2 is 0.931 bits per heavy atom. The van der Waals surface area contributed by atoms with Gasteiger partial charge in [0.2, 0.25) is 0 Å². The number of carbonyl (C=O) groups is 3. The molecule has 168 valence electrons. The van der Waals surface area contributed by atoms with Crippen LogP contribution in [0.3, 0.4) is 0 Å². The summed E-state index contributed by atoms with van der Waals surface area (Å²) in [6, 6.07) is 0. The predicted molar refractivity (Wildman–Crippen MR) is 105 cm³/mol. The van der Waals surface area contributed by atoms with Crippen LogP contribution < -0.4 is 0 Å². The average Bonchev–Trinajstić information content (AvgIpc) is 2.59. The summed E-state index contributed by atoms with van der Waals surface area (Å²) in [4.78, 5) is 40.9. The molecule has 0 spiro atoms. The van der Waals surface area contributed by atoms with E-state index in [0.29, 0.717) is 65.3 Å². The third-order valence-electron chi connectivity index (χ3n) is 4.87. The lowest BCUT2D eigenvalue weighted by Crippen LogP contribution is -2.48. The van der Waals surface area contributed by atoms with Crippen LogP contribution in [0.5, 0.6) is 0 Å². The average molecular weight is 418 g/mol. The molecular weight excluding hydrogens is 384 g/mol. The summed E-state index contributed by atoms with van der Waals surface area (Å²) in [6.07, 6.45) is 0.121. The van der Waals surface area contributed by atoms with Crippen molar-refractivity contribution in [1.82, 2.24) is 19.6 Å². The number of carboxylic acids is 3. The maximum Gasteiger partial charge on any atom is 0.317 e. The molecule has 1 rings (SSSR count). The highest BCUT2D eigenvalue weighted by atomic mass is 16.4. The van der Waals surface area contributed by atoms with Gasteiger partial charge < -0.3 is 25.3 Å². The molecular formula is C18H34N4O7. The first-order chi connectivity index (χ1) is 13.7. The summed E-state index contributed by atoms with van der Waals surface area (Å²) in [5, 5.41) is 37.0. The fraction of sp³-hybridized carbons (Fsp3) is 0.833. The highest BCUT2D eigenvalue weighted by Gasteiger charge is 2.20. The standard InChI is InChI=1S/C18H34N4O7/c1-15(23)2-3-19-4-6-20(12-16(24)25)8-10-22(14-18(28)29)11-9-21(7-5-19)13-17(26)27/h15,23H,2-14H2,1H3,(H,24,25)(H,26,27)(H,28,29). The third-order valence-corrected chi connectivity index (χ3v) is 4.87. The lowest BCUT2D eigenvalue weighted by atomic mass is 10.2. The molecule has 0 aromatic rings. The fourth-order valence-corrected chi connectivity index (χ4v) is 3.22. The van der Waals surface area contributed by atoms with Crippen molar-refractivity contribution < 1.29 is 34.8 Å². The maximum atomic E-state index is 11.2. The molecule has 0 amide bonds. The van der Waals surface area contributed by atoms with Crippen LogP contribution in [0.2, 0.25) is 0 Å². The fourth-order valence-electron chi connectivity index (χ4n) is 3.22. The zero-order valence-electron chi connectivity index (χ0n) is 17.1. The number of aliphatic hydroxyl groups excluding tert-OH is 1. The number of rotatable bonds is 9. The molecule has 0 aliphatic carbocycles. The minimum absolute atomic E-state index is 0.129. The van der Waals surface area contributed by atoms with Crippen LogP contribution in [0.4, 0.5) is 0 Å². The van der Waals surface area contributed by atoms with Gasteiger partial charge >= 0.3 is 17.9 Å². The lowest BCUT2D eigenvalue weighted by Gasteiger charge is -2.33. The molecule has 0 radical (unpaired) electrons. The quantitative estimate of drug-likeness (QED) is 0.338. The second-order valence-corrected chi connectivity index (χ2v) is 7.49. The molecule has 1 saturated heterocycles. The molecule has 0 aromatic heterocycles. The smallest absolute Gasteiger partial charge is 0.317 e. The van der Waals surface area contributed by atoms with Gasteiger partial charge in [-0.2, -0.15) is 0 Å². The van der Waals surface area contributed by atoms with Gasteiger partial charge in [0.15, 0.2) is 0 Å². The number of aliphatic hydroxyl groups is 1. The van der Waals surface area contributed by atoms with E-state index in [0.717, 1.165) is 0 Å². The summed E-state index contributed by atoms with van der Waals surface area (Å²) in [5.41, 5.74) is 0. The Morgan fingerprint density at radius 3 is 1.17 bits per heavy atom. The molecule has 11 nitrogen and oxygen atoms in total. The van der Waals surface area contributed by atoms with E-state index in [1.807, 2.05) is 0 Å². The highest BCUT2D eigenvalue weighted by molar-refractivity contribution is 5.69. The number of nitrogens with zero attached hydrogens (tertiary/aromatic N) is 4. The van der Waals surface area contributed by atoms with E-state index in [9.17, 15) is 19.5 Å². The molecule has 0 saturated carbocycles. The SMILES string of the molecule is CC(O)CCN1CCN(CC(=O)O)CCN(CC(=O)O)CCN(CC(=O)O)CC1. The molecule has 1 fully saturated rings. The number of carboxylic acid groups (broad SMARTS) is 3. The zero-order valence-corrected chi connectivity index (χ0v) is 17.1. The van der Waals surface area contributed by atoms with Crippen LogP contribution in [-0.4, -0.2) is 143 Å². The monoisotopic (exact) mass is 418 g/mol. The Kier molecular flexibility index (Phi) is 11.7. The van der Waals surface area contributed by atoms with Gasteiger partial charge in [0.25, 0.3) is 0 Å². The first kappa shape index (κ1) is 25.2. The molecule has 29 heavy (non-hydrogen) atoms. The van der Waals surface area contributed by atoms with Crippen molar-refractivity contribution in [3.05, 3.63) is 0 Å². The van der Waals surface area contributed by atoms with Crippen LogP contribution >= 0.6 is 0 Å². The van der Waals surface area contributed by atoms with Crippen molar-refractivity contribution in [3.8, 4) is 0 Å². The van der Waals surface area contributed by atoms with Crippen LogP contribution in [0.15, 0.2) is 0 Å². The number of hydrogen-bond donors (Lipinski definition) is 4. The van der Waals surface area contributed by atoms with E-state index in [-0.39, 0.29) is 19.6 Å². The molecule has 1 atom stereocenters. The summed E-state index contributed by atoms with van der Waals surface area (Å²) < 4.78 is 0. The Balaban J connectivity index is 2.88. The van der Waals surface area contributed by atoms with Gasteiger partial charge in [0.1, 0.15) is 0 Å². The Labute approximate surface area is 171 Å². The van der Waals surface area contributed by atoms with Crippen LogP contribution in [-0.2, 0) is 14.4 Å². The van der Waals surface area contributed by atoms with Crippen molar-refractivity contribution in [3.63, 3.8) is 0 Å². The second kappa shape index (κ2) is 13.4. The van der Waals surface area contributed by atoms with Crippen molar-refractivity contribution in [2.75, 3.05) is 78.5 Å². The summed E-state index contributed by atoms with van der Waals surface area (Å²) in [6.45, 7) is 5.63. The predicted octanol–water partition coefficient (Wildman–Crippen LogP) is -1.77. The molecule has 11 heteroatoms. The van der Waals surface area contributed by atoms with E-state index in [2.05, 4.69) is 4.90 Å². The van der Waals surface area contributed by atoms with E-state index in [1.54, 1.807) is 21.6 Å². The summed E-state index contributed by atoms with van der Waals surface area (Å²) in [7, 11) is 0. The molecule has 1 heterocycles. The van der Waals surface area contributed by atoms with Gasteiger partial charge in [-0.1, -0.05) is 0 Å². The van der Waals surface area contributed by atoms with E-state index < -0.39 is 24.0 Å². The maximum absolute atomic E-state index is 11.2. The molecule has 0 aromatic carbocycles. The highest BCUT2D eigenvalue weighted by Crippen LogP contribution is 2.03. The van der Waals surface area contributed by atoms with Gasteiger partial charge in [0, 0.05) is 58.9 Å². The Morgan fingerprint density at radius 1 is 0.655 bits per heavy atom. The summed E-state index contributed by atoms with van der Waals surface area (Å²) in [5.74, 6) is -2.86. The molecule has 1 unspecified atom stereocenters.